The maximum Gasteiger partial charge on any atom is 0.0958 e. The number of H-pyrrole nitrogens is 1. The fourth-order valence-electron chi connectivity index (χ4n) is 4.17. The summed E-state index contributed by atoms with van der Waals surface area (Å²) in [6, 6.07) is 17.5. The standard InChI is InChI=1S/C21H21N3/c1-2-7-17-13-24(12-11-15(17)5-1)14-20-19-10-9-16-6-3-4-8-18(16)21(19)23-22-20/h1-8H,9-14H2,(H,22,23). The smallest absolute Gasteiger partial charge is 0.0958 e. The van der Waals surface area contributed by atoms with Gasteiger partial charge >= 0.3 is 0 Å². The van der Waals surface area contributed by atoms with Crippen LogP contribution >= 0.6 is 0 Å². The van der Waals surface area contributed by atoms with Crippen molar-refractivity contribution in [3.05, 3.63) is 76.5 Å². The molecule has 1 aliphatic carbocycles. The molecule has 1 aromatic heterocycles. The summed E-state index contributed by atoms with van der Waals surface area (Å²) in [7, 11) is 0. The average molecular weight is 315 g/mol. The van der Waals surface area contributed by atoms with E-state index in [1.165, 1.54) is 39.2 Å². The Labute approximate surface area is 142 Å². The molecule has 0 fully saturated rings. The Balaban J connectivity index is 1.42. The summed E-state index contributed by atoms with van der Waals surface area (Å²) >= 11 is 0. The first kappa shape index (κ1) is 14.0. The fraction of sp³-hybridized carbons (Fsp3) is 0.286. The highest BCUT2D eigenvalue weighted by molar-refractivity contribution is 5.70. The van der Waals surface area contributed by atoms with Gasteiger partial charge in [-0.3, -0.25) is 10.00 Å². The van der Waals surface area contributed by atoms with E-state index in [1.54, 1.807) is 0 Å². The van der Waals surface area contributed by atoms with E-state index in [9.17, 15) is 0 Å². The Hall–Kier alpha value is -2.39. The quantitative estimate of drug-likeness (QED) is 0.781. The molecule has 0 saturated heterocycles. The molecule has 120 valence electrons. The topological polar surface area (TPSA) is 31.9 Å². The van der Waals surface area contributed by atoms with Crippen molar-refractivity contribution in [3.8, 4) is 11.3 Å². The van der Waals surface area contributed by atoms with Crippen LogP contribution in [0.5, 0.6) is 0 Å². The van der Waals surface area contributed by atoms with Gasteiger partial charge in [-0.25, -0.2) is 0 Å². The Kier molecular flexibility index (Phi) is 3.27. The highest BCUT2D eigenvalue weighted by Crippen LogP contribution is 2.34. The molecule has 3 heteroatoms. The van der Waals surface area contributed by atoms with Crippen LogP contribution in [0.15, 0.2) is 48.5 Å². The molecule has 24 heavy (non-hydrogen) atoms. The molecule has 0 unspecified atom stereocenters. The summed E-state index contributed by atoms with van der Waals surface area (Å²) in [5, 5.41) is 7.99. The zero-order valence-electron chi connectivity index (χ0n) is 13.8. The lowest BCUT2D eigenvalue weighted by Crippen LogP contribution is -2.30. The van der Waals surface area contributed by atoms with E-state index in [4.69, 9.17) is 0 Å². The average Bonchev–Trinajstić information content (AvgIpc) is 3.05. The van der Waals surface area contributed by atoms with E-state index in [-0.39, 0.29) is 0 Å². The highest BCUT2D eigenvalue weighted by atomic mass is 15.2. The molecule has 1 N–H and O–H groups in total. The number of aromatic nitrogens is 2. The number of benzene rings is 2. The van der Waals surface area contributed by atoms with Gasteiger partial charge in [0.1, 0.15) is 0 Å². The number of fused-ring (bicyclic) bond motifs is 4. The van der Waals surface area contributed by atoms with Gasteiger partial charge in [-0.1, -0.05) is 48.5 Å². The summed E-state index contributed by atoms with van der Waals surface area (Å²) in [5.74, 6) is 0. The second kappa shape index (κ2) is 5.60. The number of nitrogens with one attached hydrogen (secondary N) is 1. The van der Waals surface area contributed by atoms with E-state index < -0.39 is 0 Å². The normalized spacial score (nSPS) is 16.3. The molecule has 3 aromatic rings. The van der Waals surface area contributed by atoms with Crippen molar-refractivity contribution in [2.75, 3.05) is 6.54 Å². The summed E-state index contributed by atoms with van der Waals surface area (Å²) in [6.07, 6.45) is 3.37. The van der Waals surface area contributed by atoms with Gasteiger partial charge in [0.15, 0.2) is 0 Å². The van der Waals surface area contributed by atoms with Gasteiger partial charge in [-0.05, 0) is 36.0 Å². The number of aryl methyl sites for hydroxylation is 1. The Morgan fingerprint density at radius 1 is 0.875 bits per heavy atom. The molecule has 0 spiro atoms. The summed E-state index contributed by atoms with van der Waals surface area (Å²) < 4.78 is 0. The first-order chi connectivity index (χ1) is 11.9. The lowest BCUT2D eigenvalue weighted by molar-refractivity contribution is 0.242. The fourth-order valence-corrected chi connectivity index (χ4v) is 4.17. The zero-order chi connectivity index (χ0) is 15.9. The SMILES string of the molecule is c1ccc2c(c1)CCN(Cc1[nH]nc3c1CCc1ccccc1-3)C2. The van der Waals surface area contributed by atoms with Crippen LogP contribution < -0.4 is 0 Å². The molecule has 0 bridgehead atoms. The first-order valence-electron chi connectivity index (χ1n) is 8.82. The second-order valence-electron chi connectivity index (χ2n) is 6.92. The van der Waals surface area contributed by atoms with Crippen molar-refractivity contribution < 1.29 is 0 Å². The van der Waals surface area contributed by atoms with Gasteiger partial charge in [-0.2, -0.15) is 5.10 Å². The van der Waals surface area contributed by atoms with Crippen molar-refractivity contribution in [1.29, 1.82) is 0 Å². The van der Waals surface area contributed by atoms with Crippen LogP contribution in [0.1, 0.15) is 27.9 Å². The Bertz CT molecular complexity index is 894. The Morgan fingerprint density at radius 3 is 2.58 bits per heavy atom. The largest absolute Gasteiger partial charge is 0.293 e. The third kappa shape index (κ3) is 2.28. The number of hydrogen-bond acceptors (Lipinski definition) is 2. The van der Waals surface area contributed by atoms with Crippen LogP contribution in [0.4, 0.5) is 0 Å². The number of hydrogen-bond donors (Lipinski definition) is 1. The van der Waals surface area contributed by atoms with E-state index in [1.807, 2.05) is 0 Å². The number of nitrogens with zero attached hydrogens (tertiary/aromatic N) is 2. The maximum atomic E-state index is 4.66. The number of aromatic amines is 1. The zero-order valence-corrected chi connectivity index (χ0v) is 13.8. The predicted molar refractivity (Wildman–Crippen MR) is 95.7 cm³/mol. The van der Waals surface area contributed by atoms with Crippen LogP contribution in [0.2, 0.25) is 0 Å². The van der Waals surface area contributed by atoms with Gasteiger partial charge in [0, 0.05) is 30.8 Å². The minimum absolute atomic E-state index is 0.971. The van der Waals surface area contributed by atoms with Crippen molar-refractivity contribution in [2.24, 2.45) is 0 Å². The first-order valence-corrected chi connectivity index (χ1v) is 8.82. The van der Waals surface area contributed by atoms with E-state index in [2.05, 4.69) is 63.6 Å². The summed E-state index contributed by atoms with van der Waals surface area (Å²) in [5.41, 5.74) is 9.62. The molecule has 0 saturated carbocycles. The molecule has 5 rings (SSSR count). The van der Waals surface area contributed by atoms with Gasteiger partial charge in [0.25, 0.3) is 0 Å². The van der Waals surface area contributed by atoms with Crippen molar-refractivity contribution >= 4 is 0 Å². The predicted octanol–water partition coefficient (Wildman–Crippen LogP) is 3.73. The molecule has 2 aromatic carbocycles. The lowest BCUT2D eigenvalue weighted by atomic mass is 9.89. The van der Waals surface area contributed by atoms with Crippen LogP contribution in [-0.2, 0) is 32.4 Å². The molecule has 1 aliphatic heterocycles. The molecule has 2 heterocycles. The van der Waals surface area contributed by atoms with Crippen LogP contribution in [0, 0.1) is 0 Å². The molecule has 0 atom stereocenters. The molecule has 3 nitrogen and oxygen atoms in total. The lowest BCUT2D eigenvalue weighted by Gasteiger charge is -2.28. The van der Waals surface area contributed by atoms with Gasteiger partial charge in [0.2, 0.25) is 0 Å². The van der Waals surface area contributed by atoms with E-state index in [0.29, 0.717) is 0 Å². The molecular formula is C21H21N3. The van der Waals surface area contributed by atoms with Crippen LogP contribution in [-0.4, -0.2) is 21.6 Å². The minimum Gasteiger partial charge on any atom is -0.293 e. The minimum atomic E-state index is 0.971. The van der Waals surface area contributed by atoms with Gasteiger partial charge in [0.05, 0.1) is 11.4 Å². The Morgan fingerprint density at radius 2 is 1.67 bits per heavy atom. The van der Waals surface area contributed by atoms with E-state index >= 15 is 0 Å². The van der Waals surface area contributed by atoms with Crippen molar-refractivity contribution in [2.45, 2.75) is 32.4 Å². The number of rotatable bonds is 2. The highest BCUT2D eigenvalue weighted by Gasteiger charge is 2.24. The molecule has 0 radical (unpaired) electrons. The van der Waals surface area contributed by atoms with Crippen LogP contribution in [0.25, 0.3) is 11.3 Å². The van der Waals surface area contributed by atoms with E-state index in [0.717, 1.165) is 38.9 Å². The maximum absolute atomic E-state index is 4.66. The third-order valence-corrected chi connectivity index (χ3v) is 5.46. The monoisotopic (exact) mass is 315 g/mol. The van der Waals surface area contributed by atoms with Crippen LogP contribution in [0.3, 0.4) is 0 Å². The third-order valence-electron chi connectivity index (χ3n) is 5.46. The molecular weight excluding hydrogens is 294 g/mol. The summed E-state index contributed by atoms with van der Waals surface area (Å²) in [6.45, 7) is 3.14. The molecule has 2 aliphatic rings. The van der Waals surface area contributed by atoms with Crippen molar-refractivity contribution in [1.82, 2.24) is 15.1 Å². The summed E-state index contributed by atoms with van der Waals surface area (Å²) in [4.78, 5) is 2.54. The van der Waals surface area contributed by atoms with Gasteiger partial charge in [-0.15, -0.1) is 0 Å². The van der Waals surface area contributed by atoms with Crippen molar-refractivity contribution in [3.63, 3.8) is 0 Å². The molecule has 0 amide bonds. The second-order valence-corrected chi connectivity index (χ2v) is 6.92. The van der Waals surface area contributed by atoms with Gasteiger partial charge < -0.3 is 0 Å².